The van der Waals surface area contributed by atoms with Crippen molar-refractivity contribution in [1.29, 1.82) is 0 Å². The summed E-state index contributed by atoms with van der Waals surface area (Å²) in [4.78, 5) is 2.04. The standard InChI is InChI=1S/C13H17F3N2S/c1-8-7-18(2-3-19-8)13(6-17)9-4-11(15)12(16)5-10(9)14/h4-5,8,13H,2-3,6-7,17H2,1H3. The maximum Gasteiger partial charge on any atom is 0.161 e. The number of nitrogens with two attached hydrogens (primary N) is 1. The molecule has 1 fully saturated rings. The Morgan fingerprint density at radius 3 is 2.63 bits per heavy atom. The van der Waals surface area contributed by atoms with E-state index in [1.807, 2.05) is 16.7 Å². The van der Waals surface area contributed by atoms with Crippen LogP contribution in [0.2, 0.25) is 0 Å². The fourth-order valence-corrected chi connectivity index (χ4v) is 3.43. The number of rotatable bonds is 3. The fraction of sp³-hybridized carbons (Fsp3) is 0.538. The molecule has 2 nitrogen and oxygen atoms in total. The fourth-order valence-electron chi connectivity index (χ4n) is 2.39. The molecule has 2 unspecified atom stereocenters. The van der Waals surface area contributed by atoms with Crippen molar-refractivity contribution in [1.82, 2.24) is 4.90 Å². The van der Waals surface area contributed by atoms with Gasteiger partial charge in [0.2, 0.25) is 0 Å². The van der Waals surface area contributed by atoms with E-state index >= 15 is 0 Å². The monoisotopic (exact) mass is 290 g/mol. The number of halogens is 3. The van der Waals surface area contributed by atoms with Gasteiger partial charge in [-0.1, -0.05) is 6.92 Å². The summed E-state index contributed by atoms with van der Waals surface area (Å²) in [6, 6.07) is 1.11. The van der Waals surface area contributed by atoms with Crippen LogP contribution in [0.15, 0.2) is 12.1 Å². The Balaban J connectivity index is 2.28. The summed E-state index contributed by atoms with van der Waals surface area (Å²) in [7, 11) is 0. The lowest BCUT2D eigenvalue weighted by molar-refractivity contribution is 0.206. The lowest BCUT2D eigenvalue weighted by Crippen LogP contribution is -2.42. The first-order valence-corrected chi connectivity index (χ1v) is 7.28. The molecule has 0 aromatic heterocycles. The van der Waals surface area contributed by atoms with Crippen LogP contribution in [0.5, 0.6) is 0 Å². The van der Waals surface area contributed by atoms with Gasteiger partial charge in [-0.25, -0.2) is 13.2 Å². The molecule has 0 bridgehead atoms. The van der Waals surface area contributed by atoms with E-state index in [0.29, 0.717) is 11.3 Å². The van der Waals surface area contributed by atoms with E-state index in [1.54, 1.807) is 0 Å². The second-order valence-electron chi connectivity index (χ2n) is 4.72. The van der Waals surface area contributed by atoms with Gasteiger partial charge < -0.3 is 5.73 Å². The molecule has 2 N–H and O–H groups in total. The van der Waals surface area contributed by atoms with Crippen molar-refractivity contribution >= 4 is 11.8 Å². The van der Waals surface area contributed by atoms with Crippen LogP contribution >= 0.6 is 11.8 Å². The van der Waals surface area contributed by atoms with Crippen molar-refractivity contribution in [3.63, 3.8) is 0 Å². The maximum absolute atomic E-state index is 13.8. The van der Waals surface area contributed by atoms with E-state index in [0.717, 1.165) is 24.9 Å². The average molecular weight is 290 g/mol. The Morgan fingerprint density at radius 2 is 2.00 bits per heavy atom. The van der Waals surface area contributed by atoms with Crippen LogP contribution in [0.1, 0.15) is 18.5 Å². The van der Waals surface area contributed by atoms with Crippen molar-refractivity contribution < 1.29 is 13.2 Å². The third kappa shape index (κ3) is 3.24. The van der Waals surface area contributed by atoms with E-state index in [4.69, 9.17) is 5.73 Å². The summed E-state index contributed by atoms with van der Waals surface area (Å²) in [5.74, 6) is -2.00. The van der Waals surface area contributed by atoms with E-state index in [1.165, 1.54) is 0 Å². The number of nitrogens with zero attached hydrogens (tertiary/aromatic N) is 1. The second kappa shape index (κ2) is 6.15. The van der Waals surface area contributed by atoms with Gasteiger partial charge in [-0.2, -0.15) is 11.8 Å². The van der Waals surface area contributed by atoms with Crippen LogP contribution < -0.4 is 5.73 Å². The van der Waals surface area contributed by atoms with Crippen LogP contribution in [-0.4, -0.2) is 35.5 Å². The molecule has 0 aliphatic carbocycles. The molecule has 2 atom stereocenters. The SMILES string of the molecule is CC1CN(C(CN)c2cc(F)c(F)cc2F)CCS1. The van der Waals surface area contributed by atoms with Gasteiger partial charge in [0.05, 0.1) is 6.04 Å². The number of hydrogen-bond acceptors (Lipinski definition) is 3. The third-order valence-corrected chi connectivity index (χ3v) is 4.47. The quantitative estimate of drug-likeness (QED) is 0.868. The van der Waals surface area contributed by atoms with Crippen LogP contribution in [0, 0.1) is 17.5 Å². The first-order chi connectivity index (χ1) is 9.02. The number of thioether (sulfide) groups is 1. The lowest BCUT2D eigenvalue weighted by Gasteiger charge is -2.36. The zero-order valence-corrected chi connectivity index (χ0v) is 11.5. The predicted molar refractivity (Wildman–Crippen MR) is 71.6 cm³/mol. The molecule has 1 aromatic carbocycles. The Bertz CT molecular complexity index is 456. The minimum absolute atomic E-state index is 0.139. The van der Waals surface area contributed by atoms with E-state index in [-0.39, 0.29) is 12.1 Å². The summed E-state index contributed by atoms with van der Waals surface area (Å²) in [6.07, 6.45) is 0. The van der Waals surface area contributed by atoms with Gasteiger partial charge in [0.25, 0.3) is 0 Å². The average Bonchev–Trinajstić information content (AvgIpc) is 2.36. The predicted octanol–water partition coefficient (Wildman–Crippen LogP) is 2.54. The van der Waals surface area contributed by atoms with Crippen molar-refractivity contribution in [2.75, 3.05) is 25.4 Å². The zero-order chi connectivity index (χ0) is 14.0. The summed E-state index contributed by atoms with van der Waals surface area (Å²) in [5, 5.41) is 0.427. The van der Waals surface area contributed by atoms with Crippen LogP contribution in [-0.2, 0) is 0 Å². The summed E-state index contributed by atoms with van der Waals surface area (Å²) >= 11 is 1.84. The highest BCUT2D eigenvalue weighted by Crippen LogP contribution is 2.29. The largest absolute Gasteiger partial charge is 0.329 e. The van der Waals surface area contributed by atoms with Gasteiger partial charge in [-0.3, -0.25) is 4.90 Å². The molecule has 106 valence electrons. The Labute approximate surface area is 115 Å². The highest BCUT2D eigenvalue weighted by molar-refractivity contribution is 7.99. The molecule has 19 heavy (non-hydrogen) atoms. The smallest absolute Gasteiger partial charge is 0.161 e. The molecule has 1 heterocycles. The molecule has 1 aromatic rings. The van der Waals surface area contributed by atoms with Crippen molar-refractivity contribution in [3.8, 4) is 0 Å². The minimum Gasteiger partial charge on any atom is -0.329 e. The molecule has 6 heteroatoms. The minimum atomic E-state index is -1.17. The molecular formula is C13H17F3N2S. The lowest BCUT2D eigenvalue weighted by atomic mass is 10.0. The molecule has 1 saturated heterocycles. The van der Waals surface area contributed by atoms with Crippen LogP contribution in [0.4, 0.5) is 13.2 Å². The highest BCUT2D eigenvalue weighted by Gasteiger charge is 2.27. The summed E-state index contributed by atoms with van der Waals surface area (Å²) < 4.78 is 40.1. The van der Waals surface area contributed by atoms with Crippen molar-refractivity contribution in [2.45, 2.75) is 18.2 Å². The molecule has 0 radical (unpaired) electrons. The molecular weight excluding hydrogens is 273 g/mol. The first kappa shape index (κ1) is 14.7. The first-order valence-electron chi connectivity index (χ1n) is 6.23. The van der Waals surface area contributed by atoms with Crippen molar-refractivity contribution in [2.24, 2.45) is 5.73 Å². The van der Waals surface area contributed by atoms with E-state index in [2.05, 4.69) is 6.92 Å². The molecule has 0 amide bonds. The summed E-state index contributed by atoms with van der Waals surface area (Å²) in [5.41, 5.74) is 5.85. The Morgan fingerprint density at radius 1 is 1.32 bits per heavy atom. The van der Waals surface area contributed by atoms with Gasteiger partial charge in [0, 0.05) is 42.3 Å². The highest BCUT2D eigenvalue weighted by atomic mass is 32.2. The molecule has 0 spiro atoms. The Hall–Kier alpha value is -0.720. The number of hydrogen-bond donors (Lipinski definition) is 1. The summed E-state index contributed by atoms with van der Waals surface area (Å²) in [6.45, 7) is 3.81. The number of benzene rings is 1. The normalized spacial score (nSPS) is 22.5. The van der Waals surface area contributed by atoms with E-state index in [9.17, 15) is 13.2 Å². The van der Waals surface area contributed by atoms with Gasteiger partial charge in [-0.15, -0.1) is 0 Å². The van der Waals surface area contributed by atoms with E-state index < -0.39 is 23.5 Å². The van der Waals surface area contributed by atoms with Gasteiger partial charge in [-0.05, 0) is 6.07 Å². The maximum atomic E-state index is 13.8. The third-order valence-electron chi connectivity index (χ3n) is 3.34. The van der Waals surface area contributed by atoms with Crippen LogP contribution in [0.25, 0.3) is 0 Å². The van der Waals surface area contributed by atoms with Crippen LogP contribution in [0.3, 0.4) is 0 Å². The molecule has 1 aliphatic rings. The molecule has 0 saturated carbocycles. The van der Waals surface area contributed by atoms with Crippen molar-refractivity contribution in [3.05, 3.63) is 35.1 Å². The second-order valence-corrected chi connectivity index (χ2v) is 6.26. The Kier molecular flexibility index (Phi) is 4.76. The van der Waals surface area contributed by atoms with Gasteiger partial charge >= 0.3 is 0 Å². The molecule has 1 aliphatic heterocycles. The topological polar surface area (TPSA) is 29.3 Å². The zero-order valence-electron chi connectivity index (χ0n) is 10.7. The molecule has 2 rings (SSSR count). The van der Waals surface area contributed by atoms with Gasteiger partial charge in [0.1, 0.15) is 5.82 Å². The van der Waals surface area contributed by atoms with Gasteiger partial charge in [0.15, 0.2) is 11.6 Å².